The third kappa shape index (κ3) is 5.23. The van der Waals surface area contributed by atoms with Gasteiger partial charge in [-0.05, 0) is 39.2 Å². The van der Waals surface area contributed by atoms with Gasteiger partial charge in [-0.2, -0.15) is 0 Å². The molecule has 106 valence electrons. The summed E-state index contributed by atoms with van der Waals surface area (Å²) in [5.41, 5.74) is -0.441. The van der Waals surface area contributed by atoms with E-state index in [0.717, 1.165) is 25.8 Å². The molecule has 5 nitrogen and oxygen atoms in total. The lowest BCUT2D eigenvalue weighted by molar-refractivity contribution is -0.140. The number of ether oxygens (including phenoxy) is 1. The zero-order valence-electron chi connectivity index (χ0n) is 11.1. The third-order valence-corrected chi connectivity index (χ3v) is 3.19. The van der Waals surface area contributed by atoms with Crippen LogP contribution in [0.3, 0.4) is 0 Å². The van der Waals surface area contributed by atoms with E-state index in [2.05, 4.69) is 15.4 Å². The van der Waals surface area contributed by atoms with Crippen molar-refractivity contribution in [3.63, 3.8) is 0 Å². The van der Waals surface area contributed by atoms with Gasteiger partial charge < -0.3 is 15.4 Å². The molecule has 6 heteroatoms. The Morgan fingerprint density at radius 1 is 1.39 bits per heavy atom. The van der Waals surface area contributed by atoms with Crippen molar-refractivity contribution < 1.29 is 14.3 Å². The lowest BCUT2D eigenvalue weighted by atomic mass is 9.90. The van der Waals surface area contributed by atoms with Crippen LogP contribution >= 0.6 is 12.4 Å². The second-order valence-electron chi connectivity index (χ2n) is 4.65. The molecule has 0 saturated carbocycles. The van der Waals surface area contributed by atoms with E-state index in [9.17, 15) is 9.59 Å². The molecule has 0 aromatic heterocycles. The van der Waals surface area contributed by atoms with Gasteiger partial charge in [-0.1, -0.05) is 0 Å². The number of piperidine rings is 1. The first kappa shape index (κ1) is 17.2. The van der Waals surface area contributed by atoms with Gasteiger partial charge in [-0.15, -0.1) is 12.4 Å². The van der Waals surface area contributed by atoms with E-state index in [1.54, 1.807) is 0 Å². The topological polar surface area (TPSA) is 67.4 Å². The van der Waals surface area contributed by atoms with Crippen molar-refractivity contribution in [2.75, 3.05) is 20.2 Å². The summed E-state index contributed by atoms with van der Waals surface area (Å²) in [6, 6.07) is 0. The molecule has 1 atom stereocenters. The standard InChI is InChI=1S/C12H22N2O3.ClH/c1-12(7-3-4-9-14-12)11(16)13-8-5-6-10(15)17-2;/h14H,3-9H2,1-2H3,(H,13,16);1H. The van der Waals surface area contributed by atoms with Crippen molar-refractivity contribution in [2.24, 2.45) is 0 Å². The summed E-state index contributed by atoms with van der Waals surface area (Å²) in [5.74, 6) is -0.205. The molecule has 18 heavy (non-hydrogen) atoms. The van der Waals surface area contributed by atoms with Crippen LogP contribution in [-0.2, 0) is 14.3 Å². The van der Waals surface area contributed by atoms with E-state index in [1.165, 1.54) is 7.11 Å². The second-order valence-corrected chi connectivity index (χ2v) is 4.65. The van der Waals surface area contributed by atoms with E-state index < -0.39 is 5.54 Å². The Morgan fingerprint density at radius 2 is 2.11 bits per heavy atom. The van der Waals surface area contributed by atoms with E-state index >= 15 is 0 Å². The van der Waals surface area contributed by atoms with E-state index in [4.69, 9.17) is 0 Å². The molecule has 0 aromatic rings. The first-order chi connectivity index (χ1) is 8.08. The summed E-state index contributed by atoms with van der Waals surface area (Å²) >= 11 is 0. The first-order valence-corrected chi connectivity index (χ1v) is 6.18. The Balaban J connectivity index is 0.00000289. The smallest absolute Gasteiger partial charge is 0.305 e. The molecule has 1 aliphatic rings. The largest absolute Gasteiger partial charge is 0.469 e. The van der Waals surface area contributed by atoms with Crippen LogP contribution in [0.2, 0.25) is 0 Å². The van der Waals surface area contributed by atoms with Crippen LogP contribution in [0.5, 0.6) is 0 Å². The van der Waals surface area contributed by atoms with Gasteiger partial charge in [0, 0.05) is 13.0 Å². The molecule has 1 heterocycles. The van der Waals surface area contributed by atoms with Crippen molar-refractivity contribution in [1.29, 1.82) is 0 Å². The number of hydrogen-bond donors (Lipinski definition) is 2. The normalized spacial score (nSPS) is 22.8. The lowest BCUT2D eigenvalue weighted by Gasteiger charge is -2.33. The predicted molar refractivity (Wildman–Crippen MR) is 71.8 cm³/mol. The molecule has 1 rings (SSSR count). The van der Waals surface area contributed by atoms with Crippen LogP contribution in [0, 0.1) is 0 Å². The molecule has 0 radical (unpaired) electrons. The Kier molecular flexibility index (Phi) is 7.95. The van der Waals surface area contributed by atoms with Gasteiger partial charge in [0.1, 0.15) is 0 Å². The SMILES string of the molecule is COC(=O)CCCNC(=O)C1(C)CCCCN1.Cl. The summed E-state index contributed by atoms with van der Waals surface area (Å²) in [6.07, 6.45) is 4.05. The van der Waals surface area contributed by atoms with E-state index in [0.29, 0.717) is 19.4 Å². The fourth-order valence-electron chi connectivity index (χ4n) is 1.98. The van der Waals surface area contributed by atoms with Gasteiger partial charge in [0.05, 0.1) is 12.6 Å². The average Bonchev–Trinajstić information content (AvgIpc) is 2.34. The number of carbonyl (C=O) groups is 2. The molecular weight excluding hydrogens is 256 g/mol. The molecule has 1 amide bonds. The van der Waals surface area contributed by atoms with Crippen LogP contribution in [-0.4, -0.2) is 37.6 Å². The highest BCUT2D eigenvalue weighted by Gasteiger charge is 2.33. The van der Waals surface area contributed by atoms with Gasteiger partial charge in [0.2, 0.25) is 5.91 Å². The van der Waals surface area contributed by atoms with Gasteiger partial charge in [-0.3, -0.25) is 9.59 Å². The molecule has 2 N–H and O–H groups in total. The van der Waals surface area contributed by atoms with Crippen molar-refractivity contribution in [1.82, 2.24) is 10.6 Å². The molecule has 0 spiro atoms. The molecule has 0 aliphatic carbocycles. The molecule has 1 aliphatic heterocycles. The highest BCUT2D eigenvalue weighted by molar-refractivity contribution is 5.86. The number of halogens is 1. The fourth-order valence-corrected chi connectivity index (χ4v) is 1.98. The number of amides is 1. The minimum Gasteiger partial charge on any atom is -0.469 e. The Bertz CT molecular complexity index is 278. The van der Waals surface area contributed by atoms with Crippen LogP contribution in [0.15, 0.2) is 0 Å². The zero-order valence-corrected chi connectivity index (χ0v) is 11.9. The number of rotatable bonds is 5. The number of nitrogens with one attached hydrogen (secondary N) is 2. The van der Waals surface area contributed by atoms with Crippen molar-refractivity contribution in [2.45, 2.75) is 44.6 Å². The van der Waals surface area contributed by atoms with Crippen LogP contribution in [0.1, 0.15) is 39.0 Å². The highest BCUT2D eigenvalue weighted by atomic mass is 35.5. The predicted octanol–water partition coefficient (Wildman–Crippen LogP) is 1.01. The Labute approximate surface area is 114 Å². The molecule has 1 unspecified atom stereocenters. The van der Waals surface area contributed by atoms with Gasteiger partial charge in [-0.25, -0.2) is 0 Å². The monoisotopic (exact) mass is 278 g/mol. The zero-order chi connectivity index (χ0) is 12.7. The second kappa shape index (κ2) is 8.32. The first-order valence-electron chi connectivity index (χ1n) is 6.18. The number of methoxy groups -OCH3 is 1. The maximum atomic E-state index is 11.9. The maximum absolute atomic E-state index is 11.9. The number of carbonyl (C=O) groups excluding carboxylic acids is 2. The van der Waals surface area contributed by atoms with Gasteiger partial charge in [0.15, 0.2) is 0 Å². The lowest BCUT2D eigenvalue weighted by Crippen LogP contribution is -2.57. The van der Waals surface area contributed by atoms with E-state index in [-0.39, 0.29) is 24.3 Å². The molecule has 0 bridgehead atoms. The number of hydrogen-bond acceptors (Lipinski definition) is 4. The van der Waals surface area contributed by atoms with Crippen molar-refractivity contribution in [3.05, 3.63) is 0 Å². The van der Waals surface area contributed by atoms with Crippen molar-refractivity contribution >= 4 is 24.3 Å². The summed E-state index contributed by atoms with van der Waals surface area (Å²) in [7, 11) is 1.37. The Hall–Kier alpha value is -0.810. The summed E-state index contributed by atoms with van der Waals surface area (Å²) in [5, 5.41) is 6.12. The summed E-state index contributed by atoms with van der Waals surface area (Å²) < 4.78 is 4.53. The van der Waals surface area contributed by atoms with E-state index in [1.807, 2.05) is 6.92 Å². The van der Waals surface area contributed by atoms with Gasteiger partial charge >= 0.3 is 5.97 Å². The maximum Gasteiger partial charge on any atom is 0.305 e. The molecule has 1 fully saturated rings. The fraction of sp³-hybridized carbons (Fsp3) is 0.833. The third-order valence-electron chi connectivity index (χ3n) is 3.19. The molecular formula is C12H23ClN2O3. The van der Waals surface area contributed by atoms with Crippen molar-refractivity contribution in [3.8, 4) is 0 Å². The number of esters is 1. The molecule has 1 saturated heterocycles. The van der Waals surface area contributed by atoms with Crippen LogP contribution in [0.25, 0.3) is 0 Å². The van der Waals surface area contributed by atoms with Gasteiger partial charge in [0.25, 0.3) is 0 Å². The molecule has 0 aromatic carbocycles. The summed E-state index contributed by atoms with van der Waals surface area (Å²) in [6.45, 7) is 3.35. The quantitative estimate of drug-likeness (QED) is 0.582. The minimum atomic E-state index is -0.441. The highest BCUT2D eigenvalue weighted by Crippen LogP contribution is 2.18. The Morgan fingerprint density at radius 3 is 2.67 bits per heavy atom. The van der Waals surface area contributed by atoms with Crippen LogP contribution < -0.4 is 10.6 Å². The minimum absolute atomic E-state index is 0. The summed E-state index contributed by atoms with van der Waals surface area (Å²) in [4.78, 5) is 22.8. The average molecular weight is 279 g/mol. The van der Waals surface area contributed by atoms with Crippen LogP contribution in [0.4, 0.5) is 0 Å².